The molecule has 0 radical (unpaired) electrons. The van der Waals surface area contributed by atoms with E-state index in [1.807, 2.05) is 32.8 Å². The van der Waals surface area contributed by atoms with E-state index in [1.54, 1.807) is 0 Å². The molecule has 14 heavy (non-hydrogen) atoms. The van der Waals surface area contributed by atoms with Gasteiger partial charge < -0.3 is 15.0 Å². The summed E-state index contributed by atoms with van der Waals surface area (Å²) in [6, 6.07) is 0. The van der Waals surface area contributed by atoms with Crippen LogP contribution in [0.25, 0.3) is 0 Å². The van der Waals surface area contributed by atoms with Gasteiger partial charge in [0.15, 0.2) is 0 Å². The molecule has 0 fully saturated rings. The summed E-state index contributed by atoms with van der Waals surface area (Å²) in [5, 5.41) is 2.51. The minimum Gasteiger partial charge on any atom is -0.379 e. The van der Waals surface area contributed by atoms with Crippen LogP contribution in [0.5, 0.6) is 0 Å². The molecule has 0 aliphatic rings. The van der Waals surface area contributed by atoms with Crippen LogP contribution in [0.2, 0.25) is 0 Å². The van der Waals surface area contributed by atoms with E-state index in [4.69, 9.17) is 0 Å². The van der Waals surface area contributed by atoms with Gasteiger partial charge in [0.05, 0.1) is 0 Å². The van der Waals surface area contributed by atoms with Crippen molar-refractivity contribution in [2.45, 2.75) is 13.8 Å². The first kappa shape index (κ1) is 12.9. The lowest BCUT2D eigenvalue weighted by molar-refractivity contribution is -0.123. The molecule has 0 atom stereocenters. The Hall–Kier alpha value is -1.10. The molecule has 0 aromatic carbocycles. The predicted molar refractivity (Wildman–Crippen MR) is 52.9 cm³/mol. The fourth-order valence-corrected chi connectivity index (χ4v) is 1.31. The van der Waals surface area contributed by atoms with Crippen LogP contribution in [0.4, 0.5) is 4.79 Å². The first-order valence-electron chi connectivity index (χ1n) is 4.40. The van der Waals surface area contributed by atoms with Crippen LogP contribution in [0.15, 0.2) is 0 Å². The number of ether oxygens (including phenoxy) is 1. The van der Waals surface area contributed by atoms with Gasteiger partial charge in [0.1, 0.15) is 0 Å². The van der Waals surface area contributed by atoms with E-state index in [0.29, 0.717) is 6.54 Å². The van der Waals surface area contributed by atoms with Gasteiger partial charge in [-0.2, -0.15) is 0 Å². The van der Waals surface area contributed by atoms with Crippen molar-refractivity contribution in [3.05, 3.63) is 0 Å². The molecule has 82 valence electrons. The lowest BCUT2D eigenvalue weighted by Gasteiger charge is -2.27. The first-order chi connectivity index (χ1) is 6.37. The van der Waals surface area contributed by atoms with Gasteiger partial charge >= 0.3 is 12.6 Å². The van der Waals surface area contributed by atoms with Crippen molar-refractivity contribution in [3.8, 4) is 0 Å². The van der Waals surface area contributed by atoms with Gasteiger partial charge in [0, 0.05) is 13.1 Å². The number of carbonyl (C=O) groups excluding carboxylic acids is 2. The summed E-state index contributed by atoms with van der Waals surface area (Å²) in [6.45, 7) is 5.48. The quantitative estimate of drug-likeness (QED) is 0.519. The van der Waals surface area contributed by atoms with Crippen LogP contribution in [0.3, 0.4) is 0 Å². The van der Waals surface area contributed by atoms with Crippen LogP contribution < -0.4 is 5.32 Å². The van der Waals surface area contributed by atoms with Gasteiger partial charge in [-0.3, -0.25) is 4.79 Å². The van der Waals surface area contributed by atoms with Crippen LogP contribution in [-0.2, 0) is 9.53 Å². The first-order valence-corrected chi connectivity index (χ1v) is 4.40. The Balaban J connectivity index is 3.85. The third kappa shape index (κ3) is 6.42. The summed E-state index contributed by atoms with van der Waals surface area (Å²) in [4.78, 5) is 22.7. The standard InChI is InChI=1S/C9H18N2O3/c1-9(2,6-11(3)4)5-10-8(13)14-7-12/h7H,5-6H2,1-4H3,(H,10,13). The van der Waals surface area contributed by atoms with E-state index < -0.39 is 6.09 Å². The topological polar surface area (TPSA) is 58.6 Å². The number of rotatable bonds is 5. The maximum absolute atomic E-state index is 10.8. The van der Waals surface area contributed by atoms with E-state index >= 15 is 0 Å². The summed E-state index contributed by atoms with van der Waals surface area (Å²) < 4.78 is 4.10. The largest absolute Gasteiger partial charge is 0.414 e. The number of hydrogen-bond acceptors (Lipinski definition) is 4. The summed E-state index contributed by atoms with van der Waals surface area (Å²) in [5.74, 6) is 0. The van der Waals surface area contributed by atoms with E-state index in [-0.39, 0.29) is 11.9 Å². The molecule has 0 saturated carbocycles. The Morgan fingerprint density at radius 1 is 1.50 bits per heavy atom. The minimum atomic E-state index is -0.702. The van der Waals surface area contributed by atoms with Crippen molar-refractivity contribution in [2.24, 2.45) is 5.41 Å². The van der Waals surface area contributed by atoms with E-state index in [1.165, 1.54) is 0 Å². The second kappa shape index (κ2) is 5.59. The zero-order chi connectivity index (χ0) is 11.2. The highest BCUT2D eigenvalue weighted by atomic mass is 16.6. The van der Waals surface area contributed by atoms with E-state index in [0.717, 1.165) is 6.54 Å². The van der Waals surface area contributed by atoms with E-state index in [9.17, 15) is 9.59 Å². The van der Waals surface area contributed by atoms with Crippen molar-refractivity contribution in [1.82, 2.24) is 10.2 Å². The summed E-state index contributed by atoms with van der Waals surface area (Å²) in [6.07, 6.45) is -0.702. The van der Waals surface area contributed by atoms with E-state index in [2.05, 4.69) is 10.1 Å². The molecule has 0 aliphatic heterocycles. The third-order valence-electron chi connectivity index (χ3n) is 1.61. The maximum atomic E-state index is 10.8. The predicted octanol–water partition coefficient (Wildman–Crippen LogP) is 0.457. The lowest BCUT2D eigenvalue weighted by atomic mass is 9.93. The fourth-order valence-electron chi connectivity index (χ4n) is 1.31. The van der Waals surface area contributed by atoms with Crippen molar-refractivity contribution < 1.29 is 14.3 Å². The Labute approximate surface area is 84.4 Å². The molecular weight excluding hydrogens is 184 g/mol. The monoisotopic (exact) mass is 202 g/mol. The molecule has 1 amide bonds. The average Bonchev–Trinajstić information content (AvgIpc) is 1.99. The Bertz CT molecular complexity index is 202. The lowest BCUT2D eigenvalue weighted by Crippen LogP contribution is -2.40. The summed E-state index contributed by atoms with van der Waals surface area (Å²) >= 11 is 0. The number of nitrogens with zero attached hydrogens (tertiary/aromatic N) is 1. The van der Waals surface area contributed by atoms with Crippen molar-refractivity contribution >= 4 is 12.6 Å². The molecule has 0 aromatic rings. The van der Waals surface area contributed by atoms with Crippen LogP contribution in [-0.4, -0.2) is 44.7 Å². The number of alkyl carbamates (subject to hydrolysis) is 1. The van der Waals surface area contributed by atoms with Crippen molar-refractivity contribution in [1.29, 1.82) is 0 Å². The number of nitrogens with one attached hydrogen (secondary N) is 1. The molecule has 0 bridgehead atoms. The number of carbonyl (C=O) groups is 2. The molecule has 0 aromatic heterocycles. The number of hydrogen-bond donors (Lipinski definition) is 1. The van der Waals surface area contributed by atoms with Crippen LogP contribution >= 0.6 is 0 Å². The Morgan fingerprint density at radius 3 is 2.50 bits per heavy atom. The Kier molecular flexibility index (Phi) is 5.15. The molecular formula is C9H18N2O3. The van der Waals surface area contributed by atoms with Crippen molar-refractivity contribution in [2.75, 3.05) is 27.2 Å². The number of amides is 1. The molecule has 0 aliphatic carbocycles. The zero-order valence-corrected chi connectivity index (χ0v) is 9.16. The second-order valence-corrected chi connectivity index (χ2v) is 4.26. The summed E-state index contributed by atoms with van der Waals surface area (Å²) in [5.41, 5.74) is -0.0502. The van der Waals surface area contributed by atoms with Gasteiger partial charge in [-0.25, -0.2) is 4.79 Å². The molecule has 0 unspecified atom stereocenters. The highest BCUT2D eigenvalue weighted by molar-refractivity contribution is 5.74. The second-order valence-electron chi connectivity index (χ2n) is 4.26. The van der Waals surface area contributed by atoms with Crippen LogP contribution in [0, 0.1) is 5.41 Å². The molecule has 1 N–H and O–H groups in total. The average molecular weight is 202 g/mol. The van der Waals surface area contributed by atoms with Crippen molar-refractivity contribution in [3.63, 3.8) is 0 Å². The summed E-state index contributed by atoms with van der Waals surface area (Å²) in [7, 11) is 3.93. The Morgan fingerprint density at radius 2 is 2.07 bits per heavy atom. The molecule has 0 rings (SSSR count). The maximum Gasteiger partial charge on any atom is 0.414 e. The normalized spacial score (nSPS) is 11.2. The molecule has 0 spiro atoms. The SMILES string of the molecule is CN(C)CC(C)(C)CNC(=O)OC=O. The van der Waals surface area contributed by atoms with Gasteiger partial charge in [0.2, 0.25) is 0 Å². The van der Waals surface area contributed by atoms with Gasteiger partial charge in [-0.15, -0.1) is 0 Å². The molecule has 0 heterocycles. The fraction of sp³-hybridized carbons (Fsp3) is 0.778. The third-order valence-corrected chi connectivity index (χ3v) is 1.61. The molecule has 5 heteroatoms. The van der Waals surface area contributed by atoms with Gasteiger partial charge in [-0.05, 0) is 19.5 Å². The highest BCUT2D eigenvalue weighted by Gasteiger charge is 2.19. The smallest absolute Gasteiger partial charge is 0.379 e. The van der Waals surface area contributed by atoms with Gasteiger partial charge in [0.25, 0.3) is 0 Å². The highest BCUT2D eigenvalue weighted by Crippen LogP contribution is 2.13. The minimum absolute atomic E-state index is 0.0502. The molecule has 0 saturated heterocycles. The zero-order valence-electron chi connectivity index (χ0n) is 9.16. The molecule has 5 nitrogen and oxygen atoms in total. The van der Waals surface area contributed by atoms with Crippen LogP contribution in [0.1, 0.15) is 13.8 Å². The van der Waals surface area contributed by atoms with Gasteiger partial charge in [-0.1, -0.05) is 13.8 Å².